The summed E-state index contributed by atoms with van der Waals surface area (Å²) in [5.41, 5.74) is 0.753. The van der Waals surface area contributed by atoms with Crippen LogP contribution in [0.1, 0.15) is 17.9 Å². The number of amides is 2. The van der Waals surface area contributed by atoms with Gasteiger partial charge in [-0.2, -0.15) is 0 Å². The zero-order chi connectivity index (χ0) is 17.4. The number of carbonyl (C=O) groups is 1. The van der Waals surface area contributed by atoms with Crippen molar-refractivity contribution in [1.29, 1.82) is 0 Å². The molecule has 126 valence electrons. The molecule has 2 unspecified atom stereocenters. The largest absolute Gasteiger partial charge is 0.334 e. The molecule has 4 rings (SSSR count). The second-order valence-electron chi connectivity index (χ2n) is 6.21. The third kappa shape index (κ3) is 3.05. The van der Waals surface area contributed by atoms with Crippen molar-refractivity contribution in [2.75, 3.05) is 5.32 Å². The molecule has 0 saturated heterocycles. The van der Waals surface area contributed by atoms with E-state index < -0.39 is 11.6 Å². The van der Waals surface area contributed by atoms with Crippen LogP contribution in [0.4, 0.5) is 19.3 Å². The predicted molar refractivity (Wildman–Crippen MR) is 93.6 cm³/mol. The lowest BCUT2D eigenvalue weighted by molar-refractivity contribution is 0.251. The number of nitrogens with one attached hydrogen (secondary N) is 2. The average Bonchev–Trinajstić information content (AvgIpc) is 3.33. The van der Waals surface area contributed by atoms with Gasteiger partial charge in [0.25, 0.3) is 0 Å². The number of carbonyl (C=O) groups excluding carboxylic acids is 1. The van der Waals surface area contributed by atoms with Crippen molar-refractivity contribution in [3.8, 4) is 0 Å². The molecule has 0 aliphatic heterocycles. The van der Waals surface area contributed by atoms with E-state index in [2.05, 4.69) is 10.6 Å². The Bertz CT molecular complexity index is 932. The topological polar surface area (TPSA) is 41.1 Å². The summed E-state index contributed by atoms with van der Waals surface area (Å²) in [5, 5.41) is 7.57. The summed E-state index contributed by atoms with van der Waals surface area (Å²) >= 11 is 0. The molecule has 1 aliphatic carbocycles. The summed E-state index contributed by atoms with van der Waals surface area (Å²) in [6.07, 6.45) is 0.529. The Kier molecular flexibility index (Phi) is 3.84. The monoisotopic (exact) mass is 338 g/mol. The van der Waals surface area contributed by atoms with Gasteiger partial charge >= 0.3 is 6.03 Å². The minimum Gasteiger partial charge on any atom is -0.334 e. The van der Waals surface area contributed by atoms with Crippen molar-refractivity contribution in [3.63, 3.8) is 0 Å². The normalized spacial score (nSPS) is 18.8. The minimum absolute atomic E-state index is 0.0537. The van der Waals surface area contributed by atoms with Crippen molar-refractivity contribution in [2.24, 2.45) is 0 Å². The first-order valence-corrected chi connectivity index (χ1v) is 8.12. The average molecular weight is 338 g/mol. The first-order valence-electron chi connectivity index (χ1n) is 8.12. The highest BCUT2D eigenvalue weighted by Gasteiger charge is 2.42. The van der Waals surface area contributed by atoms with E-state index in [0.717, 1.165) is 10.8 Å². The maximum Gasteiger partial charge on any atom is 0.319 e. The molecule has 1 fully saturated rings. The molecule has 0 aromatic heterocycles. The zero-order valence-corrected chi connectivity index (χ0v) is 13.3. The number of hydrogen-bond donors (Lipinski definition) is 2. The maximum atomic E-state index is 13.8. The van der Waals surface area contributed by atoms with Crippen LogP contribution in [0.5, 0.6) is 0 Å². The van der Waals surface area contributed by atoms with E-state index in [4.69, 9.17) is 0 Å². The van der Waals surface area contributed by atoms with Crippen LogP contribution in [0.25, 0.3) is 10.8 Å². The standard InChI is InChI=1S/C20H16F2N2O/c21-15-8-4-9-16(22)19(15)14-11-18(14)24-20(25)23-17-10-3-6-12-5-1-2-7-13(12)17/h1-10,14,18H,11H2,(H2,23,24,25). The molecule has 3 aromatic rings. The van der Waals surface area contributed by atoms with E-state index in [1.807, 2.05) is 42.5 Å². The molecule has 0 heterocycles. The van der Waals surface area contributed by atoms with Gasteiger partial charge in [-0.25, -0.2) is 13.6 Å². The third-order valence-corrected chi connectivity index (χ3v) is 4.52. The van der Waals surface area contributed by atoms with E-state index >= 15 is 0 Å². The molecule has 25 heavy (non-hydrogen) atoms. The fourth-order valence-electron chi connectivity index (χ4n) is 3.20. The first-order chi connectivity index (χ1) is 12.1. The molecule has 0 radical (unpaired) electrons. The van der Waals surface area contributed by atoms with Crippen LogP contribution >= 0.6 is 0 Å². The molecular formula is C20H16F2N2O. The van der Waals surface area contributed by atoms with Crippen molar-refractivity contribution in [2.45, 2.75) is 18.4 Å². The number of hydrogen-bond acceptors (Lipinski definition) is 1. The van der Waals surface area contributed by atoms with E-state index in [1.165, 1.54) is 18.2 Å². The third-order valence-electron chi connectivity index (χ3n) is 4.52. The summed E-state index contributed by atoms with van der Waals surface area (Å²) < 4.78 is 27.6. The Morgan fingerprint density at radius 3 is 2.40 bits per heavy atom. The van der Waals surface area contributed by atoms with Gasteiger partial charge in [-0.05, 0) is 30.0 Å². The molecule has 5 heteroatoms. The Balaban J connectivity index is 1.45. The molecule has 2 amide bonds. The van der Waals surface area contributed by atoms with Crippen molar-refractivity contribution >= 4 is 22.5 Å². The van der Waals surface area contributed by atoms with Crippen LogP contribution in [0.15, 0.2) is 60.7 Å². The molecule has 1 aliphatic rings. The Morgan fingerprint density at radius 2 is 1.60 bits per heavy atom. The SMILES string of the molecule is O=C(Nc1cccc2ccccc12)NC1CC1c1c(F)cccc1F. The number of anilines is 1. The predicted octanol–water partition coefficient (Wildman–Crippen LogP) is 4.80. The fraction of sp³-hybridized carbons (Fsp3) is 0.150. The quantitative estimate of drug-likeness (QED) is 0.708. The highest BCUT2D eigenvalue weighted by Crippen LogP contribution is 2.43. The summed E-state index contributed by atoms with van der Waals surface area (Å²) in [6.45, 7) is 0. The molecule has 3 aromatic carbocycles. The van der Waals surface area contributed by atoms with Crippen molar-refractivity contribution in [3.05, 3.63) is 77.9 Å². The van der Waals surface area contributed by atoms with Gasteiger partial charge < -0.3 is 10.6 Å². The highest BCUT2D eigenvalue weighted by molar-refractivity contribution is 6.01. The number of halogens is 2. The van der Waals surface area contributed by atoms with Gasteiger partial charge in [-0.15, -0.1) is 0 Å². The van der Waals surface area contributed by atoms with E-state index in [-0.39, 0.29) is 23.6 Å². The van der Waals surface area contributed by atoms with Crippen LogP contribution in [-0.2, 0) is 0 Å². The van der Waals surface area contributed by atoms with Crippen LogP contribution in [0, 0.1) is 11.6 Å². The maximum absolute atomic E-state index is 13.8. The van der Waals surface area contributed by atoms with Crippen LogP contribution < -0.4 is 10.6 Å². The van der Waals surface area contributed by atoms with E-state index in [0.29, 0.717) is 12.1 Å². The Morgan fingerprint density at radius 1 is 0.920 bits per heavy atom. The van der Waals surface area contributed by atoms with Crippen molar-refractivity contribution in [1.82, 2.24) is 5.32 Å². The first kappa shape index (κ1) is 15.6. The second kappa shape index (κ2) is 6.16. The van der Waals surface area contributed by atoms with Gasteiger partial charge in [0, 0.05) is 22.9 Å². The molecule has 0 bridgehead atoms. The molecular weight excluding hydrogens is 322 g/mol. The smallest absolute Gasteiger partial charge is 0.319 e. The molecule has 2 N–H and O–H groups in total. The van der Waals surface area contributed by atoms with Crippen LogP contribution in [-0.4, -0.2) is 12.1 Å². The lowest BCUT2D eigenvalue weighted by Crippen LogP contribution is -2.31. The van der Waals surface area contributed by atoms with Gasteiger partial charge in [0.2, 0.25) is 0 Å². The molecule has 0 spiro atoms. The lowest BCUT2D eigenvalue weighted by atomic mass is 10.1. The minimum atomic E-state index is -0.566. The molecule has 2 atom stereocenters. The van der Waals surface area contributed by atoms with Gasteiger partial charge in [0.15, 0.2) is 0 Å². The number of rotatable bonds is 3. The number of urea groups is 1. The van der Waals surface area contributed by atoms with E-state index in [9.17, 15) is 13.6 Å². The Hall–Kier alpha value is -2.95. The summed E-state index contributed by atoms with van der Waals surface area (Å²) in [7, 11) is 0. The van der Waals surface area contributed by atoms with Crippen molar-refractivity contribution < 1.29 is 13.6 Å². The molecule has 1 saturated carbocycles. The fourth-order valence-corrected chi connectivity index (χ4v) is 3.20. The van der Waals surface area contributed by atoms with Gasteiger partial charge in [-0.3, -0.25) is 0 Å². The summed E-state index contributed by atoms with van der Waals surface area (Å²) in [5.74, 6) is -1.45. The molecule has 3 nitrogen and oxygen atoms in total. The lowest BCUT2D eigenvalue weighted by Gasteiger charge is -2.10. The van der Waals surface area contributed by atoms with Gasteiger partial charge in [-0.1, -0.05) is 42.5 Å². The second-order valence-corrected chi connectivity index (χ2v) is 6.21. The summed E-state index contributed by atoms with van der Waals surface area (Å²) in [4.78, 5) is 12.2. The number of benzene rings is 3. The summed E-state index contributed by atoms with van der Waals surface area (Å²) in [6, 6.07) is 16.6. The van der Waals surface area contributed by atoms with Gasteiger partial charge in [0.05, 0.1) is 5.69 Å². The van der Waals surface area contributed by atoms with Crippen LogP contribution in [0.3, 0.4) is 0 Å². The van der Waals surface area contributed by atoms with Gasteiger partial charge in [0.1, 0.15) is 11.6 Å². The van der Waals surface area contributed by atoms with E-state index in [1.54, 1.807) is 0 Å². The Labute approximate surface area is 143 Å². The highest BCUT2D eigenvalue weighted by atomic mass is 19.1. The zero-order valence-electron chi connectivity index (χ0n) is 13.3. The van der Waals surface area contributed by atoms with Crippen LogP contribution in [0.2, 0.25) is 0 Å². The number of fused-ring (bicyclic) bond motifs is 1.